The third kappa shape index (κ3) is 6.34. The third-order valence-corrected chi connectivity index (χ3v) is 7.63. The minimum absolute atomic E-state index is 0.188. The van der Waals surface area contributed by atoms with Crippen LogP contribution in [0.2, 0.25) is 10.0 Å². The van der Waals surface area contributed by atoms with Crippen LogP contribution in [0.1, 0.15) is 31.1 Å². The average molecular weight is 511 g/mol. The molecule has 0 aliphatic carbocycles. The van der Waals surface area contributed by atoms with Crippen LogP contribution in [-0.2, 0) is 14.4 Å². The summed E-state index contributed by atoms with van der Waals surface area (Å²) in [6.45, 7) is 4.12. The number of carboxylic acid groups (broad SMARTS) is 1. The molecule has 2 heterocycles. The van der Waals surface area contributed by atoms with E-state index in [4.69, 9.17) is 32.7 Å². The monoisotopic (exact) mass is 510 g/mol. The fraction of sp³-hybridized carbons (Fsp3) is 0.348. The number of benzene rings is 1. The van der Waals surface area contributed by atoms with Crippen LogP contribution in [0.25, 0.3) is 6.08 Å². The van der Waals surface area contributed by atoms with E-state index in [0.717, 1.165) is 15.6 Å². The average Bonchev–Trinajstić information content (AvgIpc) is 3.20. The largest absolute Gasteiger partial charge is 0.480 e. The Morgan fingerprint density at radius 2 is 1.88 bits per heavy atom. The zero-order valence-electron chi connectivity index (χ0n) is 18.1. The van der Waals surface area contributed by atoms with E-state index in [0.29, 0.717) is 41.5 Å². The SMILES string of the molecule is Cc1occc1Sc1ccc(C=CC(=O)N2CCC(C(=O)NC(C)C(=O)O)CC2)c(Cl)c1Cl. The molecular weight excluding hydrogens is 487 g/mol. The molecule has 1 aromatic heterocycles. The van der Waals surface area contributed by atoms with Gasteiger partial charge < -0.3 is 19.7 Å². The first-order valence-electron chi connectivity index (χ1n) is 10.4. The van der Waals surface area contributed by atoms with Gasteiger partial charge >= 0.3 is 5.97 Å². The fourth-order valence-electron chi connectivity index (χ4n) is 3.37. The number of carbonyl (C=O) groups is 3. The molecule has 0 bridgehead atoms. The Morgan fingerprint density at radius 3 is 2.48 bits per heavy atom. The molecule has 2 aromatic rings. The lowest BCUT2D eigenvalue weighted by molar-refractivity contribution is -0.142. The van der Waals surface area contributed by atoms with Gasteiger partial charge in [-0.1, -0.05) is 41.0 Å². The van der Waals surface area contributed by atoms with Crippen LogP contribution in [0.5, 0.6) is 0 Å². The summed E-state index contributed by atoms with van der Waals surface area (Å²) in [5.41, 5.74) is 0.625. The zero-order valence-corrected chi connectivity index (χ0v) is 20.5. The van der Waals surface area contributed by atoms with E-state index in [1.54, 1.807) is 23.3 Å². The summed E-state index contributed by atoms with van der Waals surface area (Å²) in [7, 11) is 0. The maximum absolute atomic E-state index is 12.6. The quantitative estimate of drug-likeness (QED) is 0.514. The highest BCUT2D eigenvalue weighted by atomic mass is 35.5. The van der Waals surface area contributed by atoms with Crippen molar-refractivity contribution in [3.8, 4) is 0 Å². The van der Waals surface area contributed by atoms with Crippen molar-refractivity contribution in [3.63, 3.8) is 0 Å². The van der Waals surface area contributed by atoms with E-state index in [-0.39, 0.29) is 17.7 Å². The summed E-state index contributed by atoms with van der Waals surface area (Å²) in [6, 6.07) is 4.56. The predicted molar refractivity (Wildman–Crippen MR) is 128 cm³/mol. The highest BCUT2D eigenvalue weighted by Crippen LogP contribution is 2.40. The van der Waals surface area contributed by atoms with Gasteiger partial charge in [0.05, 0.1) is 21.2 Å². The van der Waals surface area contributed by atoms with E-state index in [9.17, 15) is 14.4 Å². The summed E-state index contributed by atoms with van der Waals surface area (Å²) in [5.74, 6) is -1.08. The van der Waals surface area contributed by atoms with Crippen molar-refractivity contribution in [3.05, 3.63) is 51.9 Å². The Kier molecular flexibility index (Phi) is 8.51. The topological polar surface area (TPSA) is 99.9 Å². The van der Waals surface area contributed by atoms with E-state index in [1.807, 2.05) is 19.1 Å². The van der Waals surface area contributed by atoms with Crippen LogP contribution in [0.15, 0.2) is 44.7 Å². The number of piperidine rings is 1. The first kappa shape index (κ1) is 25.2. The molecule has 10 heteroatoms. The Bertz CT molecular complexity index is 1080. The maximum Gasteiger partial charge on any atom is 0.325 e. The molecule has 2 amide bonds. The summed E-state index contributed by atoms with van der Waals surface area (Å²) in [6.07, 6.45) is 5.63. The lowest BCUT2D eigenvalue weighted by atomic mass is 9.95. The Morgan fingerprint density at radius 1 is 1.18 bits per heavy atom. The molecule has 0 saturated carbocycles. The summed E-state index contributed by atoms with van der Waals surface area (Å²) in [5, 5.41) is 12.2. The van der Waals surface area contributed by atoms with Crippen LogP contribution in [-0.4, -0.2) is 46.9 Å². The summed E-state index contributed by atoms with van der Waals surface area (Å²) in [4.78, 5) is 39.1. The number of likely N-dealkylation sites (tertiary alicyclic amines) is 1. The smallest absolute Gasteiger partial charge is 0.325 e. The minimum atomic E-state index is -1.08. The number of amides is 2. The Hall–Kier alpha value is -2.42. The zero-order chi connectivity index (χ0) is 24.1. The van der Waals surface area contributed by atoms with Gasteiger partial charge in [-0.2, -0.15) is 0 Å². The van der Waals surface area contributed by atoms with Gasteiger partial charge in [-0.25, -0.2) is 0 Å². The van der Waals surface area contributed by atoms with Gasteiger partial charge in [0.2, 0.25) is 11.8 Å². The minimum Gasteiger partial charge on any atom is -0.480 e. The van der Waals surface area contributed by atoms with Crippen molar-refractivity contribution in [2.75, 3.05) is 13.1 Å². The lowest BCUT2D eigenvalue weighted by Gasteiger charge is -2.31. The molecule has 2 N–H and O–H groups in total. The van der Waals surface area contributed by atoms with Gasteiger partial charge in [-0.3, -0.25) is 14.4 Å². The normalized spacial score (nSPS) is 15.6. The van der Waals surface area contributed by atoms with Gasteiger partial charge in [0, 0.05) is 30.0 Å². The van der Waals surface area contributed by atoms with Crippen molar-refractivity contribution < 1.29 is 23.9 Å². The number of hydrogen-bond donors (Lipinski definition) is 2. The van der Waals surface area contributed by atoms with Crippen molar-refractivity contribution in [1.29, 1.82) is 0 Å². The molecule has 0 radical (unpaired) electrons. The van der Waals surface area contributed by atoms with Gasteiger partial charge in [0.15, 0.2) is 0 Å². The predicted octanol–water partition coefficient (Wildman–Crippen LogP) is 4.89. The van der Waals surface area contributed by atoms with Crippen LogP contribution in [0.3, 0.4) is 0 Å². The molecule has 3 rings (SSSR count). The Labute approximate surface area is 206 Å². The molecule has 1 unspecified atom stereocenters. The molecule has 1 fully saturated rings. The fourth-order valence-corrected chi connectivity index (χ4v) is 4.83. The van der Waals surface area contributed by atoms with Crippen molar-refractivity contribution >= 4 is 58.8 Å². The number of carboxylic acids is 1. The molecule has 7 nitrogen and oxygen atoms in total. The van der Waals surface area contributed by atoms with Gasteiger partial charge in [0.1, 0.15) is 11.8 Å². The van der Waals surface area contributed by atoms with Gasteiger partial charge in [-0.05, 0) is 50.5 Å². The number of hydrogen-bond acceptors (Lipinski definition) is 5. The number of aryl methyl sites for hydroxylation is 1. The van der Waals surface area contributed by atoms with Crippen molar-refractivity contribution in [2.24, 2.45) is 5.92 Å². The molecular formula is C23H24Cl2N2O5S. The molecule has 176 valence electrons. The number of nitrogens with one attached hydrogen (secondary N) is 1. The first-order valence-corrected chi connectivity index (χ1v) is 11.9. The lowest BCUT2D eigenvalue weighted by Crippen LogP contribution is -2.46. The van der Waals surface area contributed by atoms with Crippen molar-refractivity contribution in [1.82, 2.24) is 10.2 Å². The van der Waals surface area contributed by atoms with Crippen molar-refractivity contribution in [2.45, 2.75) is 42.5 Å². The molecule has 1 aromatic carbocycles. The summed E-state index contributed by atoms with van der Waals surface area (Å²) < 4.78 is 5.30. The second-order valence-electron chi connectivity index (χ2n) is 7.73. The second kappa shape index (κ2) is 11.1. The summed E-state index contributed by atoms with van der Waals surface area (Å²) >= 11 is 14.3. The van der Waals surface area contributed by atoms with Gasteiger partial charge in [0.25, 0.3) is 0 Å². The molecule has 1 aliphatic heterocycles. The highest BCUT2D eigenvalue weighted by molar-refractivity contribution is 7.99. The van der Waals surface area contributed by atoms with E-state index < -0.39 is 12.0 Å². The number of rotatable bonds is 7. The number of furan rings is 1. The number of nitrogens with zero attached hydrogens (tertiary/aromatic N) is 1. The highest BCUT2D eigenvalue weighted by Gasteiger charge is 2.28. The molecule has 1 atom stereocenters. The van der Waals surface area contributed by atoms with E-state index in [1.165, 1.54) is 24.8 Å². The molecule has 1 saturated heterocycles. The van der Waals surface area contributed by atoms with E-state index in [2.05, 4.69) is 5.32 Å². The molecule has 33 heavy (non-hydrogen) atoms. The standard InChI is InChI=1S/C23H24Cl2N2O5S/c1-13(23(30)31)26-22(29)16-7-10-27(11-8-16)19(28)6-4-15-3-5-18(21(25)20(15)24)33-17-9-12-32-14(17)2/h3-6,9,12-13,16H,7-8,10-11H2,1-2H3,(H,26,29)(H,30,31). The van der Waals surface area contributed by atoms with Gasteiger partial charge in [-0.15, -0.1) is 0 Å². The number of carbonyl (C=O) groups excluding carboxylic acids is 2. The van der Waals surface area contributed by atoms with Crippen LogP contribution in [0, 0.1) is 12.8 Å². The number of aliphatic carboxylic acids is 1. The third-order valence-electron chi connectivity index (χ3n) is 5.42. The first-order chi connectivity index (χ1) is 15.7. The van der Waals surface area contributed by atoms with Crippen LogP contribution >= 0.6 is 35.0 Å². The number of halogens is 2. The van der Waals surface area contributed by atoms with Crippen LogP contribution < -0.4 is 5.32 Å². The molecule has 0 spiro atoms. The van der Waals surface area contributed by atoms with Crippen LogP contribution in [0.4, 0.5) is 0 Å². The van der Waals surface area contributed by atoms with E-state index >= 15 is 0 Å². The molecule has 1 aliphatic rings. The maximum atomic E-state index is 12.6. The second-order valence-corrected chi connectivity index (χ2v) is 9.57. The Balaban J connectivity index is 1.57.